The Morgan fingerprint density at radius 3 is 3.00 bits per heavy atom. The molecule has 1 N–H and O–H groups in total. The maximum absolute atomic E-state index is 4.45. The van der Waals surface area contributed by atoms with E-state index in [1.54, 1.807) is 0 Å². The van der Waals surface area contributed by atoms with Crippen molar-refractivity contribution in [1.82, 2.24) is 4.98 Å². The van der Waals surface area contributed by atoms with E-state index < -0.39 is 0 Å². The van der Waals surface area contributed by atoms with Gasteiger partial charge in [-0.05, 0) is 43.1 Å². The predicted octanol–water partition coefficient (Wildman–Crippen LogP) is 4.33. The van der Waals surface area contributed by atoms with Crippen LogP contribution in [0.4, 0.5) is 5.69 Å². The topological polar surface area (TPSA) is 24.9 Å². The molecule has 0 saturated heterocycles. The van der Waals surface area contributed by atoms with Crippen LogP contribution in [0, 0.1) is 5.92 Å². The third kappa shape index (κ3) is 4.52. The lowest BCUT2D eigenvalue weighted by Crippen LogP contribution is -2.01. The average Bonchev–Trinajstić information content (AvgIpc) is 2.90. The Balaban J connectivity index is 1.74. The monoisotopic (exact) mass is 264 g/mol. The zero-order chi connectivity index (χ0) is 12.6. The maximum atomic E-state index is 4.45. The van der Waals surface area contributed by atoms with Crippen molar-refractivity contribution in [3.8, 4) is 0 Å². The molecular formula is C15H24N2S. The lowest BCUT2D eigenvalue weighted by Gasteiger charge is -2.09. The molecule has 0 atom stereocenters. The molecule has 1 aromatic heterocycles. The second-order valence-electron chi connectivity index (χ2n) is 5.13. The van der Waals surface area contributed by atoms with E-state index in [9.17, 15) is 0 Å². The number of thioether (sulfide) groups is 1. The SMILES string of the molecule is CCCNc1ccnc(CSCC2CCCC2)c1. The van der Waals surface area contributed by atoms with Gasteiger partial charge in [-0.15, -0.1) is 0 Å². The third-order valence-electron chi connectivity index (χ3n) is 3.47. The Kier molecular flexibility index (Phi) is 5.85. The summed E-state index contributed by atoms with van der Waals surface area (Å²) in [6, 6.07) is 4.25. The number of hydrogen-bond acceptors (Lipinski definition) is 3. The smallest absolute Gasteiger partial charge is 0.0523 e. The summed E-state index contributed by atoms with van der Waals surface area (Å²) in [5.41, 5.74) is 2.42. The van der Waals surface area contributed by atoms with E-state index in [0.29, 0.717) is 0 Å². The molecule has 1 fully saturated rings. The van der Waals surface area contributed by atoms with Crippen LogP contribution in [0.2, 0.25) is 0 Å². The van der Waals surface area contributed by atoms with Gasteiger partial charge < -0.3 is 5.32 Å². The molecule has 0 aromatic carbocycles. The molecule has 0 amide bonds. The molecule has 1 saturated carbocycles. The number of nitrogens with one attached hydrogen (secondary N) is 1. The number of anilines is 1. The highest BCUT2D eigenvalue weighted by molar-refractivity contribution is 7.98. The summed E-state index contributed by atoms with van der Waals surface area (Å²) < 4.78 is 0. The fraction of sp³-hybridized carbons (Fsp3) is 0.667. The summed E-state index contributed by atoms with van der Waals surface area (Å²) in [6.45, 7) is 3.23. The summed E-state index contributed by atoms with van der Waals surface area (Å²) in [6.07, 6.45) is 8.86. The van der Waals surface area contributed by atoms with Crippen molar-refractivity contribution >= 4 is 17.4 Å². The minimum Gasteiger partial charge on any atom is -0.385 e. The highest BCUT2D eigenvalue weighted by Gasteiger charge is 2.14. The van der Waals surface area contributed by atoms with Gasteiger partial charge in [-0.3, -0.25) is 4.98 Å². The summed E-state index contributed by atoms with van der Waals surface area (Å²) >= 11 is 2.05. The van der Waals surface area contributed by atoms with E-state index in [4.69, 9.17) is 0 Å². The van der Waals surface area contributed by atoms with Gasteiger partial charge in [-0.2, -0.15) is 11.8 Å². The molecule has 3 heteroatoms. The summed E-state index contributed by atoms with van der Waals surface area (Å²) in [5, 5.41) is 3.42. The second kappa shape index (κ2) is 7.67. The van der Waals surface area contributed by atoms with Crippen LogP contribution in [0.25, 0.3) is 0 Å². The first-order chi connectivity index (χ1) is 8.88. The van der Waals surface area contributed by atoms with Crippen LogP contribution in [0.15, 0.2) is 18.3 Å². The molecule has 100 valence electrons. The molecule has 0 unspecified atom stereocenters. The van der Waals surface area contributed by atoms with E-state index in [1.807, 2.05) is 18.0 Å². The van der Waals surface area contributed by atoms with Crippen LogP contribution in [0.3, 0.4) is 0 Å². The molecular weight excluding hydrogens is 240 g/mol. The van der Waals surface area contributed by atoms with Crippen LogP contribution < -0.4 is 5.32 Å². The van der Waals surface area contributed by atoms with Gasteiger partial charge in [-0.25, -0.2) is 0 Å². The maximum Gasteiger partial charge on any atom is 0.0523 e. The molecule has 1 heterocycles. The first kappa shape index (κ1) is 13.7. The molecule has 0 radical (unpaired) electrons. The Labute approximate surface area is 115 Å². The summed E-state index contributed by atoms with van der Waals surface area (Å²) in [4.78, 5) is 4.45. The van der Waals surface area contributed by atoms with Crippen molar-refractivity contribution in [3.05, 3.63) is 24.0 Å². The van der Waals surface area contributed by atoms with Gasteiger partial charge in [-0.1, -0.05) is 19.8 Å². The molecule has 0 bridgehead atoms. The van der Waals surface area contributed by atoms with Crippen molar-refractivity contribution in [2.24, 2.45) is 5.92 Å². The van der Waals surface area contributed by atoms with Crippen LogP contribution in [-0.2, 0) is 5.75 Å². The zero-order valence-corrected chi connectivity index (χ0v) is 12.1. The van der Waals surface area contributed by atoms with Gasteiger partial charge in [0, 0.05) is 24.2 Å². The van der Waals surface area contributed by atoms with Crippen LogP contribution in [-0.4, -0.2) is 17.3 Å². The van der Waals surface area contributed by atoms with Crippen LogP contribution in [0.5, 0.6) is 0 Å². The quantitative estimate of drug-likeness (QED) is 0.793. The Hall–Kier alpha value is -0.700. The van der Waals surface area contributed by atoms with Gasteiger partial charge in [0.2, 0.25) is 0 Å². The van der Waals surface area contributed by atoms with Gasteiger partial charge in [0.1, 0.15) is 0 Å². The number of pyridine rings is 1. The summed E-state index contributed by atoms with van der Waals surface area (Å²) in [7, 11) is 0. The summed E-state index contributed by atoms with van der Waals surface area (Å²) in [5.74, 6) is 3.34. The lowest BCUT2D eigenvalue weighted by molar-refractivity contribution is 0.623. The normalized spacial score (nSPS) is 16.1. The van der Waals surface area contributed by atoms with E-state index in [2.05, 4.69) is 29.4 Å². The fourth-order valence-corrected chi connectivity index (χ4v) is 3.60. The molecule has 1 aliphatic carbocycles. The first-order valence-electron chi connectivity index (χ1n) is 7.15. The molecule has 0 aliphatic heterocycles. The molecule has 2 nitrogen and oxygen atoms in total. The standard InChI is InChI=1S/C15H24N2S/c1-2-8-16-14-7-9-17-15(10-14)12-18-11-13-5-3-4-6-13/h7,9-10,13H,2-6,8,11-12H2,1H3,(H,16,17). The van der Waals surface area contributed by atoms with E-state index in [0.717, 1.165) is 24.6 Å². The number of aromatic nitrogens is 1. The fourth-order valence-electron chi connectivity index (χ4n) is 2.44. The predicted molar refractivity (Wildman–Crippen MR) is 81.1 cm³/mol. The van der Waals surface area contributed by atoms with Gasteiger partial charge in [0.25, 0.3) is 0 Å². The largest absolute Gasteiger partial charge is 0.385 e. The Morgan fingerprint density at radius 1 is 1.39 bits per heavy atom. The highest BCUT2D eigenvalue weighted by atomic mass is 32.2. The third-order valence-corrected chi connectivity index (χ3v) is 4.68. The van der Waals surface area contributed by atoms with Gasteiger partial charge in [0.15, 0.2) is 0 Å². The number of hydrogen-bond donors (Lipinski definition) is 1. The second-order valence-corrected chi connectivity index (χ2v) is 6.16. The number of rotatable bonds is 7. The van der Waals surface area contributed by atoms with E-state index >= 15 is 0 Å². The molecule has 1 aromatic rings. The van der Waals surface area contributed by atoms with Crippen LogP contribution >= 0.6 is 11.8 Å². The number of nitrogens with zero attached hydrogens (tertiary/aromatic N) is 1. The van der Waals surface area contributed by atoms with Crippen molar-refractivity contribution in [2.45, 2.75) is 44.8 Å². The zero-order valence-electron chi connectivity index (χ0n) is 11.3. The van der Waals surface area contributed by atoms with Crippen molar-refractivity contribution < 1.29 is 0 Å². The lowest BCUT2D eigenvalue weighted by atomic mass is 10.1. The Bertz CT molecular complexity index is 348. The molecule has 18 heavy (non-hydrogen) atoms. The van der Waals surface area contributed by atoms with Gasteiger partial charge >= 0.3 is 0 Å². The van der Waals surface area contributed by atoms with Crippen molar-refractivity contribution in [1.29, 1.82) is 0 Å². The minimum atomic E-state index is 0.969. The highest BCUT2D eigenvalue weighted by Crippen LogP contribution is 2.28. The molecule has 1 aliphatic rings. The van der Waals surface area contributed by atoms with Crippen LogP contribution in [0.1, 0.15) is 44.7 Å². The average molecular weight is 264 g/mol. The molecule has 2 rings (SSSR count). The molecule has 0 spiro atoms. The van der Waals surface area contributed by atoms with E-state index in [1.165, 1.54) is 42.8 Å². The first-order valence-corrected chi connectivity index (χ1v) is 8.30. The van der Waals surface area contributed by atoms with Crippen molar-refractivity contribution in [3.63, 3.8) is 0 Å². The van der Waals surface area contributed by atoms with E-state index in [-0.39, 0.29) is 0 Å². The van der Waals surface area contributed by atoms with Crippen molar-refractivity contribution in [2.75, 3.05) is 17.6 Å². The minimum absolute atomic E-state index is 0.969. The van der Waals surface area contributed by atoms with Gasteiger partial charge in [0.05, 0.1) is 5.69 Å². The Morgan fingerprint density at radius 2 is 2.22 bits per heavy atom.